The van der Waals surface area contributed by atoms with Gasteiger partial charge in [-0.1, -0.05) is 0 Å². The molecule has 0 aromatic rings. The van der Waals surface area contributed by atoms with E-state index in [0.29, 0.717) is 0 Å². The summed E-state index contributed by atoms with van der Waals surface area (Å²) in [6.07, 6.45) is 0.246. The summed E-state index contributed by atoms with van der Waals surface area (Å²) in [5.41, 5.74) is 5.13. The topological polar surface area (TPSA) is 99.3 Å². The summed E-state index contributed by atoms with van der Waals surface area (Å²) in [6.45, 7) is 3.71. The third-order valence-electron chi connectivity index (χ3n) is 1.49. The third-order valence-corrected chi connectivity index (χ3v) is 3.26. The van der Waals surface area contributed by atoms with Crippen LogP contribution in [0.4, 0.5) is 0 Å². The molecule has 0 unspecified atom stereocenters. The fourth-order valence-corrected chi connectivity index (χ4v) is 1.89. The Hall–Kier alpha value is -0.660. The number of nitrogens with one attached hydrogen (secondary N) is 2. The van der Waals surface area contributed by atoms with Crippen molar-refractivity contribution in [1.29, 1.82) is 5.41 Å². The molecule has 14 heavy (non-hydrogen) atoms. The predicted molar refractivity (Wildman–Crippen MR) is 56.4 cm³/mol. The monoisotopic (exact) mass is 222 g/mol. The van der Waals surface area contributed by atoms with Gasteiger partial charge in [0.05, 0.1) is 5.84 Å². The maximum atomic E-state index is 11.5. The number of amidine groups is 1. The van der Waals surface area contributed by atoms with Gasteiger partial charge in [0.25, 0.3) is 10.2 Å². The molecular weight excluding hydrogens is 204 g/mol. The average molecular weight is 222 g/mol. The molecule has 0 radical (unpaired) electrons. The maximum Gasteiger partial charge on any atom is 0.279 e. The highest BCUT2D eigenvalue weighted by atomic mass is 32.2. The third kappa shape index (κ3) is 5.15. The van der Waals surface area contributed by atoms with Crippen LogP contribution in [-0.2, 0) is 10.2 Å². The molecule has 0 heterocycles. The van der Waals surface area contributed by atoms with Gasteiger partial charge in [-0.2, -0.15) is 17.4 Å². The molecule has 0 aliphatic carbocycles. The van der Waals surface area contributed by atoms with Crippen LogP contribution in [0.2, 0.25) is 0 Å². The van der Waals surface area contributed by atoms with Crippen molar-refractivity contribution in [2.45, 2.75) is 26.3 Å². The minimum atomic E-state index is -3.42. The zero-order chi connectivity index (χ0) is 11.4. The van der Waals surface area contributed by atoms with Gasteiger partial charge in [0.15, 0.2) is 0 Å². The lowest BCUT2D eigenvalue weighted by molar-refractivity contribution is 0.459. The van der Waals surface area contributed by atoms with Gasteiger partial charge < -0.3 is 5.73 Å². The Morgan fingerprint density at radius 2 is 2.07 bits per heavy atom. The summed E-state index contributed by atoms with van der Waals surface area (Å²) in [6, 6.07) is -0.139. The van der Waals surface area contributed by atoms with Crippen LogP contribution in [0.5, 0.6) is 0 Å². The molecule has 0 spiro atoms. The van der Waals surface area contributed by atoms with Gasteiger partial charge in [-0.25, -0.2) is 0 Å². The van der Waals surface area contributed by atoms with Crippen LogP contribution in [-0.4, -0.2) is 38.2 Å². The predicted octanol–water partition coefficient (Wildman–Crippen LogP) is -0.513. The van der Waals surface area contributed by atoms with Crippen LogP contribution in [0.3, 0.4) is 0 Å². The molecule has 4 N–H and O–H groups in total. The smallest absolute Gasteiger partial charge is 0.279 e. The molecule has 0 rings (SSSR count). The second kappa shape index (κ2) is 5.28. The largest absolute Gasteiger partial charge is 0.388 e. The van der Waals surface area contributed by atoms with Crippen molar-refractivity contribution in [3.63, 3.8) is 0 Å². The Kier molecular flexibility index (Phi) is 5.03. The second-order valence-electron chi connectivity index (χ2n) is 3.37. The molecule has 0 aliphatic rings. The van der Waals surface area contributed by atoms with Crippen LogP contribution >= 0.6 is 0 Å². The van der Waals surface area contributed by atoms with Crippen molar-refractivity contribution in [3.05, 3.63) is 0 Å². The highest BCUT2D eigenvalue weighted by Crippen LogP contribution is 1.96. The van der Waals surface area contributed by atoms with E-state index in [1.165, 1.54) is 7.05 Å². The fourth-order valence-electron chi connectivity index (χ4n) is 0.786. The molecule has 0 aromatic carbocycles. The highest BCUT2D eigenvalue weighted by molar-refractivity contribution is 7.87. The van der Waals surface area contributed by atoms with Crippen LogP contribution in [0.1, 0.15) is 20.3 Å². The van der Waals surface area contributed by atoms with E-state index < -0.39 is 10.2 Å². The van der Waals surface area contributed by atoms with Gasteiger partial charge in [-0.15, -0.1) is 0 Å². The molecule has 7 heteroatoms. The number of nitrogens with zero attached hydrogens (tertiary/aromatic N) is 1. The molecule has 84 valence electrons. The van der Waals surface area contributed by atoms with Crippen molar-refractivity contribution in [3.8, 4) is 0 Å². The summed E-state index contributed by atoms with van der Waals surface area (Å²) < 4.78 is 26.5. The molecule has 0 amide bonds. The minimum Gasteiger partial charge on any atom is -0.388 e. The van der Waals surface area contributed by atoms with Crippen molar-refractivity contribution < 1.29 is 8.42 Å². The first-order chi connectivity index (χ1) is 6.25. The average Bonchev–Trinajstić information content (AvgIpc) is 1.97. The quantitative estimate of drug-likeness (QED) is 0.417. The summed E-state index contributed by atoms with van der Waals surface area (Å²) in [4.78, 5) is 0. The van der Waals surface area contributed by atoms with Crippen molar-refractivity contribution in [2.24, 2.45) is 5.73 Å². The molecule has 6 nitrogen and oxygen atoms in total. The molecule has 0 bridgehead atoms. The van der Waals surface area contributed by atoms with Crippen molar-refractivity contribution >= 4 is 16.0 Å². The van der Waals surface area contributed by atoms with E-state index in [-0.39, 0.29) is 24.8 Å². The van der Waals surface area contributed by atoms with Crippen LogP contribution in [0, 0.1) is 5.41 Å². The number of rotatable bonds is 6. The van der Waals surface area contributed by atoms with E-state index >= 15 is 0 Å². The number of nitrogens with two attached hydrogens (primary N) is 1. The SMILES string of the molecule is CC(C)NS(=O)(=O)N(C)CCC(=N)N. The zero-order valence-corrected chi connectivity index (χ0v) is 9.56. The maximum absolute atomic E-state index is 11.5. The normalized spacial score (nSPS) is 12.4. The van der Waals surface area contributed by atoms with Crippen molar-refractivity contribution in [1.82, 2.24) is 9.03 Å². The van der Waals surface area contributed by atoms with Crippen LogP contribution in [0.15, 0.2) is 0 Å². The molecule has 0 aliphatic heterocycles. The Balaban J connectivity index is 4.22. The summed E-state index contributed by atoms with van der Waals surface area (Å²) in [5.74, 6) is -0.0170. The second-order valence-corrected chi connectivity index (χ2v) is 5.18. The lowest BCUT2D eigenvalue weighted by atomic mass is 10.4. The Labute approximate surface area is 85.2 Å². The van der Waals surface area contributed by atoms with Gasteiger partial charge >= 0.3 is 0 Å². The van der Waals surface area contributed by atoms with Gasteiger partial charge in [-0.3, -0.25) is 5.41 Å². The summed E-state index contributed by atoms with van der Waals surface area (Å²) in [7, 11) is -1.97. The number of hydrogen-bond donors (Lipinski definition) is 3. The zero-order valence-electron chi connectivity index (χ0n) is 8.74. The van der Waals surface area contributed by atoms with Gasteiger partial charge in [0.1, 0.15) is 0 Å². The van der Waals surface area contributed by atoms with E-state index in [4.69, 9.17) is 11.1 Å². The lowest BCUT2D eigenvalue weighted by Gasteiger charge is -2.18. The first-order valence-electron chi connectivity index (χ1n) is 4.32. The lowest BCUT2D eigenvalue weighted by Crippen LogP contribution is -2.42. The first kappa shape index (κ1) is 13.3. The van der Waals surface area contributed by atoms with Gasteiger partial charge in [-0.05, 0) is 13.8 Å². The van der Waals surface area contributed by atoms with E-state index in [9.17, 15) is 8.42 Å². The Morgan fingerprint density at radius 3 is 2.43 bits per heavy atom. The van der Waals surface area contributed by atoms with Crippen molar-refractivity contribution in [2.75, 3.05) is 13.6 Å². The fraction of sp³-hybridized carbons (Fsp3) is 0.857. The van der Waals surface area contributed by atoms with E-state index in [2.05, 4.69) is 4.72 Å². The molecule has 0 fully saturated rings. The molecular formula is C7H18N4O2S. The minimum absolute atomic E-state index is 0.0170. The van der Waals surface area contributed by atoms with Gasteiger partial charge in [0.2, 0.25) is 0 Å². The van der Waals surface area contributed by atoms with E-state index in [1.54, 1.807) is 13.8 Å². The van der Waals surface area contributed by atoms with Crippen LogP contribution in [0.25, 0.3) is 0 Å². The van der Waals surface area contributed by atoms with Gasteiger partial charge in [0, 0.05) is 26.1 Å². The Bertz CT molecular complexity index is 286. The van der Waals surface area contributed by atoms with E-state index in [0.717, 1.165) is 4.31 Å². The Morgan fingerprint density at radius 1 is 1.57 bits per heavy atom. The molecule has 0 saturated heterocycles. The molecule has 0 atom stereocenters. The van der Waals surface area contributed by atoms with E-state index in [1.807, 2.05) is 0 Å². The first-order valence-corrected chi connectivity index (χ1v) is 5.76. The molecule has 0 saturated carbocycles. The summed E-state index contributed by atoms with van der Waals surface area (Å²) >= 11 is 0. The van der Waals surface area contributed by atoms with Crippen LogP contribution < -0.4 is 10.5 Å². The highest BCUT2D eigenvalue weighted by Gasteiger charge is 2.17. The summed E-state index contributed by atoms with van der Waals surface area (Å²) in [5, 5.41) is 6.97. The standard InChI is InChI=1S/C7H18N4O2S/c1-6(2)10-14(12,13)11(3)5-4-7(8)9/h6,10H,4-5H2,1-3H3,(H3,8,9). The number of hydrogen-bond acceptors (Lipinski definition) is 3. The molecule has 0 aromatic heterocycles.